The van der Waals surface area contributed by atoms with Crippen molar-refractivity contribution >= 4 is 22.9 Å². The number of hydrogen-bond donors (Lipinski definition) is 0. The van der Waals surface area contributed by atoms with Crippen molar-refractivity contribution in [3.05, 3.63) is 71.0 Å². The summed E-state index contributed by atoms with van der Waals surface area (Å²) in [7, 11) is 0. The van der Waals surface area contributed by atoms with Crippen molar-refractivity contribution in [1.29, 1.82) is 0 Å². The Morgan fingerprint density at radius 3 is 2.64 bits per heavy atom. The third-order valence-electron chi connectivity index (χ3n) is 4.88. The van der Waals surface area contributed by atoms with Gasteiger partial charge in [0.25, 0.3) is 5.91 Å². The van der Waals surface area contributed by atoms with Crippen LogP contribution in [0.4, 0.5) is 10.1 Å². The molecule has 144 valence electrons. The third kappa shape index (κ3) is 3.98. The van der Waals surface area contributed by atoms with Gasteiger partial charge in [0.2, 0.25) is 0 Å². The van der Waals surface area contributed by atoms with Gasteiger partial charge in [-0.1, -0.05) is 35.9 Å². The van der Waals surface area contributed by atoms with E-state index in [2.05, 4.69) is 4.98 Å². The minimum atomic E-state index is -0.360. The lowest BCUT2D eigenvalue weighted by atomic mass is 10.1. The number of rotatable bonds is 4. The maximum absolute atomic E-state index is 13.8. The second-order valence-corrected chi connectivity index (χ2v) is 7.76. The molecule has 0 bridgehead atoms. The summed E-state index contributed by atoms with van der Waals surface area (Å²) in [6.07, 6.45) is 1.44. The quantitative estimate of drug-likeness (QED) is 0.617. The first-order valence-electron chi connectivity index (χ1n) is 9.31. The predicted octanol–water partition coefficient (Wildman–Crippen LogP) is 5.08. The molecular weight excluding hydrogens is 375 g/mol. The number of benzene rings is 2. The molecule has 4 nitrogen and oxygen atoms in total. The van der Waals surface area contributed by atoms with E-state index in [-0.39, 0.29) is 17.8 Å². The largest absolute Gasteiger partial charge is 0.381 e. The number of nitrogens with zero attached hydrogens (tertiary/aromatic N) is 2. The van der Waals surface area contributed by atoms with Crippen molar-refractivity contribution in [1.82, 2.24) is 4.98 Å². The van der Waals surface area contributed by atoms with Gasteiger partial charge in [0, 0.05) is 35.9 Å². The number of carbonyl (C=O) groups excluding carboxylic acids is 1. The lowest BCUT2D eigenvalue weighted by Crippen LogP contribution is -2.44. The van der Waals surface area contributed by atoms with Gasteiger partial charge in [-0.15, -0.1) is 11.3 Å². The fourth-order valence-electron chi connectivity index (χ4n) is 3.39. The fraction of sp³-hybridized carbons (Fsp3) is 0.273. The first-order valence-corrected chi connectivity index (χ1v) is 10.2. The second kappa shape index (κ2) is 8.20. The first-order chi connectivity index (χ1) is 13.6. The molecule has 4 rings (SSSR count). The van der Waals surface area contributed by atoms with Crippen LogP contribution in [0.1, 0.15) is 28.9 Å². The Kier molecular flexibility index (Phi) is 5.50. The molecule has 0 atom stereocenters. The average Bonchev–Trinajstić information content (AvgIpc) is 3.20. The van der Waals surface area contributed by atoms with E-state index < -0.39 is 0 Å². The molecule has 0 unspecified atom stereocenters. The molecule has 3 aromatic rings. The van der Waals surface area contributed by atoms with E-state index in [9.17, 15) is 9.18 Å². The second-order valence-electron chi connectivity index (χ2n) is 6.90. The Morgan fingerprint density at radius 2 is 1.93 bits per heavy atom. The lowest BCUT2D eigenvalue weighted by molar-refractivity contribution is 0.0770. The van der Waals surface area contributed by atoms with Crippen LogP contribution in [0.25, 0.3) is 10.6 Å². The maximum atomic E-state index is 13.8. The molecular formula is C22H21FN2O2S. The summed E-state index contributed by atoms with van der Waals surface area (Å²) in [5.41, 5.74) is 3.10. The summed E-state index contributed by atoms with van der Waals surface area (Å²) in [5.74, 6) is -0.562. The molecule has 2 aromatic carbocycles. The molecule has 2 heterocycles. The SMILES string of the molecule is Cc1ccc(-c2nc(C(=O)N(c3cccc(F)c3)C3CCOCC3)cs2)cc1. The number of hydrogen-bond acceptors (Lipinski definition) is 4. The Bertz CT molecular complexity index is 965. The molecule has 1 aliphatic rings. The molecule has 1 fully saturated rings. The molecule has 1 amide bonds. The van der Waals surface area contributed by atoms with Gasteiger partial charge in [-0.05, 0) is 38.0 Å². The molecule has 0 spiro atoms. The molecule has 1 aromatic heterocycles. The van der Waals surface area contributed by atoms with Crippen molar-refractivity contribution < 1.29 is 13.9 Å². The van der Waals surface area contributed by atoms with Crippen LogP contribution in [0.3, 0.4) is 0 Å². The van der Waals surface area contributed by atoms with Crippen molar-refractivity contribution in [3.8, 4) is 10.6 Å². The number of ether oxygens (including phenoxy) is 1. The summed E-state index contributed by atoms with van der Waals surface area (Å²) < 4.78 is 19.3. The zero-order valence-corrected chi connectivity index (χ0v) is 16.4. The van der Waals surface area contributed by atoms with Crippen LogP contribution in [0, 0.1) is 12.7 Å². The number of carbonyl (C=O) groups is 1. The highest BCUT2D eigenvalue weighted by Crippen LogP contribution is 2.29. The number of aryl methyl sites for hydroxylation is 1. The molecule has 1 saturated heterocycles. The van der Waals surface area contributed by atoms with Crippen LogP contribution in [-0.2, 0) is 4.74 Å². The van der Waals surface area contributed by atoms with Crippen LogP contribution in [-0.4, -0.2) is 30.1 Å². The van der Waals surface area contributed by atoms with E-state index >= 15 is 0 Å². The van der Waals surface area contributed by atoms with E-state index in [1.807, 2.05) is 31.2 Å². The summed E-state index contributed by atoms with van der Waals surface area (Å²) >= 11 is 1.44. The predicted molar refractivity (Wildman–Crippen MR) is 109 cm³/mol. The topological polar surface area (TPSA) is 42.4 Å². The Hall–Kier alpha value is -2.57. The van der Waals surface area contributed by atoms with E-state index in [1.54, 1.807) is 22.4 Å². The van der Waals surface area contributed by atoms with Crippen LogP contribution >= 0.6 is 11.3 Å². The third-order valence-corrected chi connectivity index (χ3v) is 5.77. The number of aromatic nitrogens is 1. The molecule has 0 saturated carbocycles. The van der Waals surface area contributed by atoms with Gasteiger partial charge in [-0.2, -0.15) is 0 Å². The van der Waals surface area contributed by atoms with E-state index in [0.717, 1.165) is 23.4 Å². The highest BCUT2D eigenvalue weighted by molar-refractivity contribution is 7.13. The van der Waals surface area contributed by atoms with Crippen molar-refractivity contribution in [2.75, 3.05) is 18.1 Å². The highest BCUT2D eigenvalue weighted by Gasteiger charge is 2.29. The van der Waals surface area contributed by atoms with Crippen molar-refractivity contribution in [2.45, 2.75) is 25.8 Å². The molecule has 0 N–H and O–H groups in total. The van der Waals surface area contributed by atoms with Gasteiger partial charge >= 0.3 is 0 Å². The molecule has 0 radical (unpaired) electrons. The lowest BCUT2D eigenvalue weighted by Gasteiger charge is -2.34. The van der Waals surface area contributed by atoms with Gasteiger partial charge < -0.3 is 9.64 Å². The minimum absolute atomic E-state index is 0.0347. The van der Waals surface area contributed by atoms with Crippen molar-refractivity contribution in [2.24, 2.45) is 0 Å². The van der Waals surface area contributed by atoms with E-state index in [1.165, 1.54) is 29.0 Å². The van der Waals surface area contributed by atoms with Gasteiger partial charge in [0.05, 0.1) is 0 Å². The molecule has 0 aliphatic carbocycles. The molecule has 1 aliphatic heterocycles. The number of halogens is 1. The molecule has 28 heavy (non-hydrogen) atoms. The van der Waals surface area contributed by atoms with Gasteiger partial charge in [-0.3, -0.25) is 4.79 Å². The highest BCUT2D eigenvalue weighted by atomic mass is 32.1. The first kappa shape index (κ1) is 18.8. The number of thiazole rings is 1. The Morgan fingerprint density at radius 1 is 1.18 bits per heavy atom. The summed E-state index contributed by atoms with van der Waals surface area (Å²) in [6, 6.07) is 14.2. The van der Waals surface area contributed by atoms with Gasteiger partial charge in [0.15, 0.2) is 0 Å². The number of anilines is 1. The van der Waals surface area contributed by atoms with Crippen LogP contribution in [0.5, 0.6) is 0 Å². The monoisotopic (exact) mass is 396 g/mol. The molecule has 6 heteroatoms. The zero-order chi connectivity index (χ0) is 19.5. The minimum Gasteiger partial charge on any atom is -0.381 e. The normalized spacial score (nSPS) is 14.8. The maximum Gasteiger partial charge on any atom is 0.278 e. The Labute approximate surface area is 167 Å². The van der Waals surface area contributed by atoms with Crippen molar-refractivity contribution in [3.63, 3.8) is 0 Å². The fourth-order valence-corrected chi connectivity index (χ4v) is 4.19. The zero-order valence-electron chi connectivity index (χ0n) is 15.6. The standard InChI is InChI=1S/C22H21FN2O2S/c1-15-5-7-16(8-6-15)21-24-20(14-28-21)22(26)25(18-9-11-27-12-10-18)19-4-2-3-17(23)13-19/h2-8,13-14,18H,9-12H2,1H3. The summed E-state index contributed by atoms with van der Waals surface area (Å²) in [6.45, 7) is 3.22. The average molecular weight is 396 g/mol. The van der Waals surface area contributed by atoms with E-state index in [4.69, 9.17) is 4.74 Å². The van der Waals surface area contributed by atoms with Gasteiger partial charge in [0.1, 0.15) is 16.5 Å². The summed E-state index contributed by atoms with van der Waals surface area (Å²) in [5, 5.41) is 2.58. The summed E-state index contributed by atoms with van der Waals surface area (Å²) in [4.78, 5) is 19.6. The smallest absolute Gasteiger partial charge is 0.278 e. The number of amides is 1. The van der Waals surface area contributed by atoms with Gasteiger partial charge in [-0.25, -0.2) is 9.37 Å². The van der Waals surface area contributed by atoms with Crippen LogP contribution in [0.15, 0.2) is 53.9 Å². The van der Waals surface area contributed by atoms with E-state index in [0.29, 0.717) is 24.6 Å². The van der Waals surface area contributed by atoms with Crippen LogP contribution in [0.2, 0.25) is 0 Å². The Balaban J connectivity index is 1.66. The van der Waals surface area contributed by atoms with Crippen LogP contribution < -0.4 is 4.90 Å².